The molecule has 0 saturated carbocycles. The first-order valence-corrected chi connectivity index (χ1v) is 13.1. The van der Waals surface area contributed by atoms with Crippen LogP contribution in [-0.4, -0.2) is 9.55 Å². The minimum absolute atomic E-state index is 0.931. The number of para-hydroxylation sites is 1. The molecular formula is C36H24N2. The summed E-state index contributed by atoms with van der Waals surface area (Å²) < 4.78 is 2.29. The van der Waals surface area contributed by atoms with Crippen molar-refractivity contribution in [3.8, 4) is 17.1 Å². The predicted molar refractivity (Wildman–Crippen MR) is 161 cm³/mol. The van der Waals surface area contributed by atoms with Crippen molar-refractivity contribution in [2.75, 3.05) is 0 Å². The Morgan fingerprint density at radius 2 is 1.05 bits per heavy atom. The first kappa shape index (κ1) is 21.2. The molecule has 8 aromatic rings. The Kier molecular flexibility index (Phi) is 4.47. The lowest BCUT2D eigenvalue weighted by atomic mass is 9.93. The summed E-state index contributed by atoms with van der Waals surface area (Å²) in [5.41, 5.74) is 5.71. The molecule has 0 aliphatic carbocycles. The molecule has 0 saturated heterocycles. The van der Waals surface area contributed by atoms with E-state index in [0.29, 0.717) is 0 Å². The lowest BCUT2D eigenvalue weighted by Gasteiger charge is -2.13. The molecule has 178 valence electrons. The lowest BCUT2D eigenvalue weighted by Crippen LogP contribution is -1.98. The van der Waals surface area contributed by atoms with Crippen LogP contribution in [0.25, 0.3) is 71.2 Å². The number of aryl methyl sites for hydroxylation is 1. The smallest absolute Gasteiger partial charge is 0.138 e. The van der Waals surface area contributed by atoms with Crippen LogP contribution in [0.15, 0.2) is 127 Å². The van der Waals surface area contributed by atoms with Crippen molar-refractivity contribution < 1.29 is 0 Å². The third-order valence-electron chi connectivity index (χ3n) is 7.83. The fraction of sp³-hybridized carbons (Fsp3) is 0.0278. The second kappa shape index (κ2) is 8.03. The second-order valence-corrected chi connectivity index (χ2v) is 10.1. The standard InChI is InChI=1S/C36H24N2/c1-23-17-20-35-32(21-23)30-13-6-7-15-34(30)38(35)36-16-8-14-33(37-36)24-18-19-29-27-11-3-2-9-25(27)26-10-4-5-12-28(26)31(29)22-24/h2-22H,1H3. The van der Waals surface area contributed by atoms with Gasteiger partial charge in [0.1, 0.15) is 5.82 Å². The maximum atomic E-state index is 5.22. The molecule has 2 heteroatoms. The molecule has 6 aromatic carbocycles. The number of aromatic nitrogens is 2. The van der Waals surface area contributed by atoms with Gasteiger partial charge in [-0.15, -0.1) is 0 Å². The van der Waals surface area contributed by atoms with E-state index in [0.717, 1.165) is 17.1 Å². The topological polar surface area (TPSA) is 17.8 Å². The Hall–Kier alpha value is -4.95. The molecule has 2 nitrogen and oxygen atoms in total. The van der Waals surface area contributed by atoms with Gasteiger partial charge in [0.2, 0.25) is 0 Å². The Bertz CT molecular complexity index is 2170. The number of fused-ring (bicyclic) bond motifs is 9. The number of nitrogens with zero attached hydrogens (tertiary/aromatic N) is 2. The average Bonchev–Trinajstić information content (AvgIpc) is 3.31. The van der Waals surface area contributed by atoms with E-state index in [2.05, 4.69) is 139 Å². The molecule has 8 rings (SSSR count). The van der Waals surface area contributed by atoms with Crippen LogP contribution in [0.3, 0.4) is 0 Å². The zero-order valence-corrected chi connectivity index (χ0v) is 21.0. The Balaban J connectivity index is 1.37. The molecule has 0 fully saturated rings. The zero-order valence-electron chi connectivity index (χ0n) is 21.0. The summed E-state index contributed by atoms with van der Waals surface area (Å²) in [6.07, 6.45) is 0. The summed E-state index contributed by atoms with van der Waals surface area (Å²) in [4.78, 5) is 5.22. The van der Waals surface area contributed by atoms with Crippen molar-refractivity contribution in [3.05, 3.63) is 133 Å². The highest BCUT2D eigenvalue weighted by Gasteiger charge is 2.14. The number of hydrogen-bond acceptors (Lipinski definition) is 1. The number of rotatable bonds is 2. The third kappa shape index (κ3) is 3.04. The Labute approximate surface area is 220 Å². The second-order valence-electron chi connectivity index (χ2n) is 10.1. The van der Waals surface area contributed by atoms with Gasteiger partial charge in [-0.05, 0) is 75.6 Å². The summed E-state index contributed by atoms with van der Waals surface area (Å²) in [5, 5.41) is 10.2. The van der Waals surface area contributed by atoms with Crippen molar-refractivity contribution in [3.63, 3.8) is 0 Å². The van der Waals surface area contributed by atoms with E-state index in [-0.39, 0.29) is 0 Å². The van der Waals surface area contributed by atoms with Gasteiger partial charge < -0.3 is 0 Å². The van der Waals surface area contributed by atoms with Gasteiger partial charge in [0.25, 0.3) is 0 Å². The van der Waals surface area contributed by atoms with E-state index in [1.54, 1.807) is 0 Å². The highest BCUT2D eigenvalue weighted by Crippen LogP contribution is 2.37. The summed E-state index contributed by atoms with van der Waals surface area (Å²) in [6, 6.07) is 45.8. The highest BCUT2D eigenvalue weighted by molar-refractivity contribution is 6.25. The van der Waals surface area contributed by atoms with Gasteiger partial charge in [0.15, 0.2) is 0 Å². The van der Waals surface area contributed by atoms with E-state index in [9.17, 15) is 0 Å². The van der Waals surface area contributed by atoms with E-state index in [1.807, 2.05) is 0 Å². The van der Waals surface area contributed by atoms with Gasteiger partial charge in [0, 0.05) is 16.3 Å². The molecule has 0 N–H and O–H groups in total. The molecule has 0 bridgehead atoms. The van der Waals surface area contributed by atoms with Crippen LogP contribution in [0.4, 0.5) is 0 Å². The van der Waals surface area contributed by atoms with Crippen LogP contribution < -0.4 is 0 Å². The van der Waals surface area contributed by atoms with Crippen LogP contribution in [0.2, 0.25) is 0 Å². The SMILES string of the molecule is Cc1ccc2c(c1)c1ccccc1n2-c1cccc(-c2ccc3c4ccccc4c4ccccc4c3c2)n1. The highest BCUT2D eigenvalue weighted by atomic mass is 15.1. The largest absolute Gasteiger partial charge is 0.294 e. The molecule has 0 unspecified atom stereocenters. The Morgan fingerprint density at radius 1 is 0.447 bits per heavy atom. The van der Waals surface area contributed by atoms with Gasteiger partial charge in [0.05, 0.1) is 16.7 Å². The van der Waals surface area contributed by atoms with Crippen molar-refractivity contribution in [2.45, 2.75) is 6.92 Å². The van der Waals surface area contributed by atoms with Gasteiger partial charge >= 0.3 is 0 Å². The van der Waals surface area contributed by atoms with Crippen molar-refractivity contribution in [1.29, 1.82) is 0 Å². The summed E-state index contributed by atoms with van der Waals surface area (Å²) in [5.74, 6) is 0.931. The zero-order chi connectivity index (χ0) is 25.2. The van der Waals surface area contributed by atoms with Crippen LogP contribution in [0.1, 0.15) is 5.56 Å². The van der Waals surface area contributed by atoms with Crippen molar-refractivity contribution in [1.82, 2.24) is 9.55 Å². The number of hydrogen-bond donors (Lipinski definition) is 0. The maximum absolute atomic E-state index is 5.22. The molecule has 2 heterocycles. The lowest BCUT2D eigenvalue weighted by molar-refractivity contribution is 1.08. The molecule has 38 heavy (non-hydrogen) atoms. The fourth-order valence-electron chi connectivity index (χ4n) is 6.11. The van der Waals surface area contributed by atoms with Crippen LogP contribution in [-0.2, 0) is 0 Å². The van der Waals surface area contributed by atoms with Gasteiger partial charge in [-0.1, -0.05) is 96.6 Å². The molecule has 0 aliphatic rings. The molecule has 0 spiro atoms. The predicted octanol–water partition coefficient (Wildman–Crippen LogP) is 9.61. The van der Waals surface area contributed by atoms with E-state index < -0.39 is 0 Å². The van der Waals surface area contributed by atoms with Gasteiger partial charge in [-0.3, -0.25) is 4.57 Å². The minimum atomic E-state index is 0.931. The molecule has 0 atom stereocenters. The number of benzene rings is 6. The summed E-state index contributed by atoms with van der Waals surface area (Å²) >= 11 is 0. The molecule has 2 aromatic heterocycles. The average molecular weight is 485 g/mol. The maximum Gasteiger partial charge on any atom is 0.138 e. The van der Waals surface area contributed by atoms with E-state index >= 15 is 0 Å². The van der Waals surface area contributed by atoms with Gasteiger partial charge in [-0.25, -0.2) is 4.98 Å². The van der Waals surface area contributed by atoms with E-state index in [1.165, 1.54) is 59.7 Å². The van der Waals surface area contributed by atoms with Crippen molar-refractivity contribution in [2.24, 2.45) is 0 Å². The van der Waals surface area contributed by atoms with Crippen LogP contribution in [0.5, 0.6) is 0 Å². The normalized spacial score (nSPS) is 11.8. The molecule has 0 amide bonds. The minimum Gasteiger partial charge on any atom is -0.294 e. The van der Waals surface area contributed by atoms with Gasteiger partial charge in [-0.2, -0.15) is 0 Å². The Morgan fingerprint density at radius 3 is 1.79 bits per heavy atom. The quantitative estimate of drug-likeness (QED) is 0.223. The first-order chi connectivity index (χ1) is 18.8. The summed E-state index contributed by atoms with van der Waals surface area (Å²) in [7, 11) is 0. The van der Waals surface area contributed by atoms with Crippen LogP contribution >= 0.6 is 0 Å². The summed E-state index contributed by atoms with van der Waals surface area (Å²) in [6.45, 7) is 2.15. The first-order valence-electron chi connectivity index (χ1n) is 13.1. The third-order valence-corrected chi connectivity index (χ3v) is 7.83. The monoisotopic (exact) mass is 484 g/mol. The van der Waals surface area contributed by atoms with Crippen molar-refractivity contribution >= 4 is 54.1 Å². The molecule has 0 radical (unpaired) electrons. The number of pyridine rings is 1. The molecular weight excluding hydrogens is 460 g/mol. The van der Waals surface area contributed by atoms with Crippen LogP contribution in [0, 0.1) is 6.92 Å². The molecule has 0 aliphatic heterocycles. The fourth-order valence-corrected chi connectivity index (χ4v) is 6.11. The van der Waals surface area contributed by atoms with E-state index in [4.69, 9.17) is 4.98 Å².